The third kappa shape index (κ3) is 4.41. The van der Waals surface area contributed by atoms with Crippen molar-refractivity contribution in [1.82, 2.24) is 25.6 Å². The highest BCUT2D eigenvalue weighted by Crippen LogP contribution is 2.23. The highest BCUT2D eigenvalue weighted by atomic mass is 16.5. The van der Waals surface area contributed by atoms with E-state index in [1.165, 1.54) is 0 Å². The summed E-state index contributed by atoms with van der Waals surface area (Å²) in [4.78, 5) is 12.2. The van der Waals surface area contributed by atoms with E-state index < -0.39 is 0 Å². The molecule has 7 nitrogen and oxygen atoms in total. The molecule has 7 heteroatoms. The fraction of sp³-hybridized carbons (Fsp3) is 0.611. The molecule has 0 aromatic carbocycles. The van der Waals surface area contributed by atoms with E-state index in [-0.39, 0.29) is 12.1 Å². The Labute approximate surface area is 149 Å². The van der Waals surface area contributed by atoms with Crippen molar-refractivity contribution in [1.29, 1.82) is 0 Å². The van der Waals surface area contributed by atoms with Crippen LogP contribution in [0.2, 0.25) is 0 Å². The van der Waals surface area contributed by atoms with Gasteiger partial charge in [0.15, 0.2) is 0 Å². The summed E-state index contributed by atoms with van der Waals surface area (Å²) in [5.74, 6) is 0.857. The number of nitrogens with one attached hydrogen (secondary N) is 2. The first kappa shape index (κ1) is 19.0. The van der Waals surface area contributed by atoms with Gasteiger partial charge in [-0.2, -0.15) is 5.10 Å². The lowest BCUT2D eigenvalue weighted by Crippen LogP contribution is -2.38. The summed E-state index contributed by atoms with van der Waals surface area (Å²) in [6.07, 6.45) is 2.51. The van der Waals surface area contributed by atoms with Crippen LogP contribution in [0.3, 0.4) is 0 Å². The van der Waals surface area contributed by atoms with Crippen LogP contribution in [0.25, 0.3) is 0 Å². The number of amides is 2. The molecule has 2 aromatic heterocycles. The third-order valence-corrected chi connectivity index (χ3v) is 4.70. The highest BCUT2D eigenvalue weighted by Gasteiger charge is 2.20. The summed E-state index contributed by atoms with van der Waals surface area (Å²) in [5, 5.41) is 14.4. The molecule has 138 valence electrons. The second-order valence-electron chi connectivity index (χ2n) is 6.48. The van der Waals surface area contributed by atoms with Crippen molar-refractivity contribution >= 4 is 6.03 Å². The van der Waals surface area contributed by atoms with Crippen molar-refractivity contribution < 1.29 is 9.32 Å². The van der Waals surface area contributed by atoms with Crippen molar-refractivity contribution in [3.63, 3.8) is 0 Å². The minimum atomic E-state index is -0.145. The molecule has 0 aliphatic carbocycles. The molecule has 2 aromatic rings. The molecular formula is C18H29N5O2. The van der Waals surface area contributed by atoms with Gasteiger partial charge in [-0.3, -0.25) is 4.68 Å². The summed E-state index contributed by atoms with van der Waals surface area (Å²) in [6, 6.07) is -0.176. The molecule has 2 N–H and O–H groups in total. The van der Waals surface area contributed by atoms with E-state index in [0.29, 0.717) is 6.54 Å². The van der Waals surface area contributed by atoms with Gasteiger partial charge >= 0.3 is 6.03 Å². The topological polar surface area (TPSA) is 85.0 Å². The van der Waals surface area contributed by atoms with Crippen LogP contribution in [0.15, 0.2) is 4.52 Å². The summed E-state index contributed by atoms with van der Waals surface area (Å²) in [5.41, 5.74) is 5.22. The van der Waals surface area contributed by atoms with Gasteiger partial charge in [0.25, 0.3) is 0 Å². The minimum Gasteiger partial charge on any atom is -0.361 e. The standard InChI is InChI=1S/C18H29N5O2/c1-7-16(17-12(3)21-23(6)13(17)4)20-18(24)19-10-8-9-15-11(2)22-25-14(15)5/h16H,7-10H2,1-6H3,(H2,19,20,24)/t16-/m1/s1. The Balaban J connectivity index is 1.84. The number of hydrogen-bond acceptors (Lipinski definition) is 4. The molecule has 0 aliphatic rings. The Morgan fingerprint density at radius 3 is 2.48 bits per heavy atom. The van der Waals surface area contributed by atoms with Crippen LogP contribution in [0.4, 0.5) is 4.79 Å². The number of carbonyl (C=O) groups is 1. The molecule has 0 radical (unpaired) electrons. The molecule has 0 spiro atoms. The minimum absolute atomic E-state index is 0.0312. The molecule has 0 aliphatic heterocycles. The monoisotopic (exact) mass is 347 g/mol. The van der Waals surface area contributed by atoms with E-state index in [9.17, 15) is 4.79 Å². The zero-order chi connectivity index (χ0) is 18.6. The van der Waals surface area contributed by atoms with Crippen LogP contribution in [0.1, 0.15) is 59.8 Å². The maximum absolute atomic E-state index is 12.2. The van der Waals surface area contributed by atoms with Gasteiger partial charge in [-0.1, -0.05) is 12.1 Å². The van der Waals surface area contributed by atoms with Gasteiger partial charge in [0.2, 0.25) is 0 Å². The van der Waals surface area contributed by atoms with E-state index >= 15 is 0 Å². The van der Waals surface area contributed by atoms with Crippen LogP contribution in [-0.2, 0) is 13.5 Å². The third-order valence-electron chi connectivity index (χ3n) is 4.70. The van der Waals surface area contributed by atoms with Crippen molar-refractivity contribution in [2.24, 2.45) is 7.05 Å². The van der Waals surface area contributed by atoms with Gasteiger partial charge in [0.05, 0.1) is 17.4 Å². The first-order valence-corrected chi connectivity index (χ1v) is 8.81. The Kier molecular flexibility index (Phi) is 6.22. The molecular weight excluding hydrogens is 318 g/mol. The number of urea groups is 1. The van der Waals surface area contributed by atoms with Crippen LogP contribution < -0.4 is 10.6 Å². The number of carbonyl (C=O) groups excluding carboxylic acids is 1. The van der Waals surface area contributed by atoms with E-state index in [2.05, 4.69) is 27.8 Å². The molecule has 25 heavy (non-hydrogen) atoms. The van der Waals surface area contributed by atoms with Gasteiger partial charge < -0.3 is 15.2 Å². The van der Waals surface area contributed by atoms with Crippen LogP contribution >= 0.6 is 0 Å². The average Bonchev–Trinajstić information content (AvgIpc) is 3.01. The van der Waals surface area contributed by atoms with Crippen molar-refractivity contribution in [2.45, 2.75) is 59.9 Å². The molecule has 2 rings (SSSR count). The summed E-state index contributed by atoms with van der Waals surface area (Å²) >= 11 is 0. The number of hydrogen-bond donors (Lipinski definition) is 2. The molecule has 2 heterocycles. The second-order valence-corrected chi connectivity index (χ2v) is 6.48. The molecule has 0 fully saturated rings. The number of aryl methyl sites for hydroxylation is 4. The van der Waals surface area contributed by atoms with Gasteiger partial charge in [0.1, 0.15) is 5.76 Å². The average molecular weight is 347 g/mol. The largest absolute Gasteiger partial charge is 0.361 e. The quantitative estimate of drug-likeness (QED) is 0.754. The molecule has 2 amide bonds. The van der Waals surface area contributed by atoms with E-state index in [1.807, 2.05) is 39.4 Å². The molecule has 0 saturated heterocycles. The number of rotatable bonds is 7. The smallest absolute Gasteiger partial charge is 0.315 e. The van der Waals surface area contributed by atoms with Crippen molar-refractivity contribution in [3.8, 4) is 0 Å². The van der Waals surface area contributed by atoms with Crippen LogP contribution in [0, 0.1) is 27.7 Å². The van der Waals surface area contributed by atoms with Crippen LogP contribution in [0.5, 0.6) is 0 Å². The molecule has 0 unspecified atom stereocenters. The highest BCUT2D eigenvalue weighted by molar-refractivity contribution is 5.74. The fourth-order valence-electron chi connectivity index (χ4n) is 3.21. The maximum atomic E-state index is 12.2. The van der Waals surface area contributed by atoms with Gasteiger partial charge in [-0.25, -0.2) is 4.79 Å². The maximum Gasteiger partial charge on any atom is 0.315 e. The normalized spacial score (nSPS) is 12.2. The van der Waals surface area contributed by atoms with Crippen molar-refractivity contribution in [2.75, 3.05) is 6.54 Å². The summed E-state index contributed by atoms with van der Waals surface area (Å²) < 4.78 is 7.01. The molecule has 1 atom stereocenters. The Morgan fingerprint density at radius 1 is 1.24 bits per heavy atom. The summed E-state index contributed by atoms with van der Waals surface area (Å²) in [6.45, 7) is 10.5. The Morgan fingerprint density at radius 2 is 1.96 bits per heavy atom. The first-order valence-electron chi connectivity index (χ1n) is 8.81. The second kappa shape index (κ2) is 8.18. The zero-order valence-electron chi connectivity index (χ0n) is 16.1. The van der Waals surface area contributed by atoms with E-state index in [1.54, 1.807) is 0 Å². The molecule has 0 saturated carbocycles. The Bertz CT molecular complexity index is 713. The lowest BCUT2D eigenvalue weighted by molar-refractivity contribution is 0.236. The van der Waals surface area contributed by atoms with Crippen LogP contribution in [-0.4, -0.2) is 27.5 Å². The molecule has 0 bridgehead atoms. The number of aromatic nitrogens is 3. The SMILES string of the molecule is CC[C@@H](NC(=O)NCCCc1c(C)noc1C)c1c(C)nn(C)c1C. The van der Waals surface area contributed by atoms with Gasteiger partial charge in [-0.15, -0.1) is 0 Å². The lowest BCUT2D eigenvalue weighted by atomic mass is 10.0. The van der Waals surface area contributed by atoms with Crippen molar-refractivity contribution in [3.05, 3.63) is 34.0 Å². The van der Waals surface area contributed by atoms with Gasteiger partial charge in [0, 0.05) is 30.4 Å². The van der Waals surface area contributed by atoms with E-state index in [0.717, 1.165) is 53.2 Å². The summed E-state index contributed by atoms with van der Waals surface area (Å²) in [7, 11) is 1.92. The van der Waals surface area contributed by atoms with Gasteiger partial charge in [-0.05, 0) is 47.0 Å². The fourth-order valence-corrected chi connectivity index (χ4v) is 3.21. The predicted molar refractivity (Wildman–Crippen MR) is 96.5 cm³/mol. The van der Waals surface area contributed by atoms with E-state index in [4.69, 9.17) is 4.52 Å². The zero-order valence-corrected chi connectivity index (χ0v) is 16.1. The number of nitrogens with zero attached hydrogens (tertiary/aromatic N) is 3. The lowest BCUT2D eigenvalue weighted by Gasteiger charge is -2.18. The first-order chi connectivity index (χ1) is 11.8. The predicted octanol–water partition coefficient (Wildman–Crippen LogP) is 3.02. The Hall–Kier alpha value is -2.31.